The Morgan fingerprint density at radius 1 is 1.06 bits per heavy atom. The Kier molecular flexibility index (Phi) is 2.45. The zero-order chi connectivity index (χ0) is 12.5. The van der Waals surface area contributed by atoms with Crippen LogP contribution in [0.4, 0.5) is 5.82 Å². The normalized spacial score (nSPS) is 10.7. The van der Waals surface area contributed by atoms with E-state index < -0.39 is 0 Å². The van der Waals surface area contributed by atoms with E-state index in [9.17, 15) is 0 Å². The van der Waals surface area contributed by atoms with E-state index in [0.717, 1.165) is 27.7 Å². The van der Waals surface area contributed by atoms with Gasteiger partial charge in [0, 0.05) is 17.1 Å². The number of pyridine rings is 2. The van der Waals surface area contributed by atoms with Crippen molar-refractivity contribution in [2.45, 2.75) is 6.92 Å². The van der Waals surface area contributed by atoms with Gasteiger partial charge in [0.2, 0.25) is 0 Å². The van der Waals surface area contributed by atoms with Crippen molar-refractivity contribution in [1.82, 2.24) is 9.97 Å². The van der Waals surface area contributed by atoms with Crippen LogP contribution in [0, 0.1) is 6.92 Å². The fraction of sp³-hybridized carbons (Fsp3) is 0.0667. The van der Waals surface area contributed by atoms with E-state index in [1.165, 1.54) is 0 Å². The van der Waals surface area contributed by atoms with Crippen LogP contribution in [-0.2, 0) is 0 Å². The molecule has 1 aromatic carbocycles. The number of para-hydroxylation sites is 1. The molecule has 0 saturated heterocycles. The highest BCUT2D eigenvalue weighted by Crippen LogP contribution is 2.22. The molecule has 0 radical (unpaired) electrons. The highest BCUT2D eigenvalue weighted by atomic mass is 14.8. The Bertz CT molecular complexity index is 720. The Hall–Kier alpha value is -2.42. The maximum Gasteiger partial charge on any atom is 0.126 e. The highest BCUT2D eigenvalue weighted by Gasteiger charge is 2.03. The van der Waals surface area contributed by atoms with Gasteiger partial charge in [-0.25, -0.2) is 9.97 Å². The molecule has 0 aliphatic heterocycles. The Labute approximate surface area is 105 Å². The minimum Gasteiger partial charge on any atom is -0.383 e. The lowest BCUT2D eigenvalue weighted by atomic mass is 10.1. The lowest BCUT2D eigenvalue weighted by molar-refractivity contribution is 1.26. The van der Waals surface area contributed by atoms with E-state index in [2.05, 4.69) is 22.1 Å². The third-order valence-corrected chi connectivity index (χ3v) is 3.01. The first-order valence-corrected chi connectivity index (χ1v) is 5.82. The van der Waals surface area contributed by atoms with Crippen molar-refractivity contribution < 1.29 is 0 Å². The molecule has 0 saturated carbocycles. The van der Waals surface area contributed by atoms with E-state index in [0.29, 0.717) is 5.82 Å². The van der Waals surface area contributed by atoms with Gasteiger partial charge in [0.25, 0.3) is 0 Å². The van der Waals surface area contributed by atoms with E-state index in [-0.39, 0.29) is 0 Å². The van der Waals surface area contributed by atoms with E-state index >= 15 is 0 Å². The van der Waals surface area contributed by atoms with Crippen molar-refractivity contribution in [2.75, 3.05) is 5.73 Å². The molecular weight excluding hydrogens is 222 g/mol. The Morgan fingerprint density at radius 3 is 2.72 bits per heavy atom. The summed E-state index contributed by atoms with van der Waals surface area (Å²) in [6, 6.07) is 14.2. The molecule has 0 fully saturated rings. The monoisotopic (exact) mass is 235 g/mol. The highest BCUT2D eigenvalue weighted by molar-refractivity contribution is 5.81. The number of aryl methyl sites for hydroxylation is 1. The number of nitrogen functional groups attached to an aromatic ring is 1. The fourth-order valence-corrected chi connectivity index (χ4v) is 1.95. The van der Waals surface area contributed by atoms with Gasteiger partial charge in [0.05, 0.1) is 11.2 Å². The number of nitrogens with two attached hydrogens (primary N) is 1. The van der Waals surface area contributed by atoms with Crippen LogP contribution in [0.15, 0.2) is 48.7 Å². The van der Waals surface area contributed by atoms with Crippen LogP contribution in [-0.4, -0.2) is 9.97 Å². The van der Waals surface area contributed by atoms with Crippen LogP contribution in [0.3, 0.4) is 0 Å². The molecule has 3 nitrogen and oxygen atoms in total. The van der Waals surface area contributed by atoms with Gasteiger partial charge in [-0.2, -0.15) is 0 Å². The van der Waals surface area contributed by atoms with Crippen molar-refractivity contribution in [2.24, 2.45) is 0 Å². The molecule has 3 rings (SSSR count). The summed E-state index contributed by atoms with van der Waals surface area (Å²) in [6.07, 6.45) is 1.76. The van der Waals surface area contributed by atoms with Crippen LogP contribution in [0.5, 0.6) is 0 Å². The molecular formula is C15H13N3. The number of anilines is 1. The van der Waals surface area contributed by atoms with E-state index in [4.69, 9.17) is 5.73 Å². The number of aromatic nitrogens is 2. The number of fused-ring (bicyclic) bond motifs is 1. The number of hydrogen-bond acceptors (Lipinski definition) is 3. The zero-order valence-corrected chi connectivity index (χ0v) is 10.1. The molecule has 0 aliphatic rings. The van der Waals surface area contributed by atoms with Crippen molar-refractivity contribution in [3.63, 3.8) is 0 Å². The van der Waals surface area contributed by atoms with Crippen LogP contribution in [0.1, 0.15) is 5.56 Å². The molecule has 0 bridgehead atoms. The Morgan fingerprint density at radius 2 is 1.89 bits per heavy atom. The van der Waals surface area contributed by atoms with E-state index in [1.807, 2.05) is 37.3 Å². The Balaban J connectivity index is 2.16. The van der Waals surface area contributed by atoms with Gasteiger partial charge in [-0.05, 0) is 30.7 Å². The van der Waals surface area contributed by atoms with Crippen LogP contribution < -0.4 is 5.73 Å². The van der Waals surface area contributed by atoms with Crippen molar-refractivity contribution in [3.8, 4) is 11.3 Å². The minimum absolute atomic E-state index is 0.569. The molecule has 0 atom stereocenters. The quantitative estimate of drug-likeness (QED) is 0.704. The lowest BCUT2D eigenvalue weighted by Gasteiger charge is -2.05. The summed E-state index contributed by atoms with van der Waals surface area (Å²) >= 11 is 0. The van der Waals surface area contributed by atoms with Crippen LogP contribution >= 0.6 is 0 Å². The van der Waals surface area contributed by atoms with Crippen molar-refractivity contribution >= 4 is 16.7 Å². The molecule has 0 unspecified atom stereocenters. The van der Waals surface area contributed by atoms with Gasteiger partial charge in [-0.3, -0.25) is 0 Å². The second kappa shape index (κ2) is 4.11. The number of nitrogens with zero attached hydrogens (tertiary/aromatic N) is 2. The largest absolute Gasteiger partial charge is 0.383 e. The SMILES string of the molecule is Cc1cc(-c2ccc3ccccc3n2)cnc1N. The summed E-state index contributed by atoms with van der Waals surface area (Å²) in [5, 5.41) is 1.14. The first kappa shape index (κ1) is 10.7. The van der Waals surface area contributed by atoms with Crippen molar-refractivity contribution in [1.29, 1.82) is 0 Å². The number of rotatable bonds is 1. The van der Waals surface area contributed by atoms with Gasteiger partial charge in [0.1, 0.15) is 5.82 Å². The van der Waals surface area contributed by atoms with Gasteiger partial charge in [-0.15, -0.1) is 0 Å². The molecule has 0 amide bonds. The number of hydrogen-bond donors (Lipinski definition) is 1. The predicted octanol–water partition coefficient (Wildman–Crippen LogP) is 3.19. The van der Waals surface area contributed by atoms with Gasteiger partial charge in [-0.1, -0.05) is 24.3 Å². The number of benzene rings is 1. The smallest absolute Gasteiger partial charge is 0.126 e. The lowest BCUT2D eigenvalue weighted by Crippen LogP contribution is -1.94. The van der Waals surface area contributed by atoms with Gasteiger partial charge in [0.15, 0.2) is 0 Å². The van der Waals surface area contributed by atoms with Crippen LogP contribution in [0.2, 0.25) is 0 Å². The molecule has 2 heterocycles. The first-order chi connectivity index (χ1) is 8.74. The maximum atomic E-state index is 5.73. The molecule has 18 heavy (non-hydrogen) atoms. The molecule has 88 valence electrons. The fourth-order valence-electron chi connectivity index (χ4n) is 1.95. The predicted molar refractivity (Wildman–Crippen MR) is 74.1 cm³/mol. The average molecular weight is 235 g/mol. The maximum absolute atomic E-state index is 5.73. The molecule has 0 aliphatic carbocycles. The summed E-state index contributed by atoms with van der Waals surface area (Å²) in [6.45, 7) is 1.95. The summed E-state index contributed by atoms with van der Waals surface area (Å²) in [4.78, 5) is 8.81. The molecule has 2 aromatic heterocycles. The van der Waals surface area contributed by atoms with Crippen molar-refractivity contribution in [3.05, 3.63) is 54.2 Å². The summed E-state index contributed by atoms with van der Waals surface area (Å²) < 4.78 is 0. The standard InChI is InChI=1S/C15H13N3/c1-10-8-12(9-17-15(10)16)14-7-6-11-4-2-3-5-13(11)18-14/h2-9H,1H3,(H2,16,17). The summed E-state index contributed by atoms with van der Waals surface area (Å²) in [7, 11) is 0. The minimum atomic E-state index is 0.569. The second-order valence-corrected chi connectivity index (χ2v) is 4.32. The van der Waals surface area contributed by atoms with Gasteiger partial charge < -0.3 is 5.73 Å². The third-order valence-electron chi connectivity index (χ3n) is 3.01. The second-order valence-electron chi connectivity index (χ2n) is 4.32. The summed E-state index contributed by atoms with van der Waals surface area (Å²) in [5.74, 6) is 0.569. The third kappa shape index (κ3) is 1.80. The molecule has 3 aromatic rings. The average Bonchev–Trinajstić information content (AvgIpc) is 2.41. The molecule has 2 N–H and O–H groups in total. The van der Waals surface area contributed by atoms with Crippen LogP contribution in [0.25, 0.3) is 22.2 Å². The topological polar surface area (TPSA) is 51.8 Å². The zero-order valence-electron chi connectivity index (χ0n) is 10.1. The summed E-state index contributed by atoms with van der Waals surface area (Å²) in [5.41, 5.74) is 9.60. The molecule has 0 spiro atoms. The first-order valence-electron chi connectivity index (χ1n) is 5.82. The van der Waals surface area contributed by atoms with E-state index in [1.54, 1.807) is 6.20 Å². The molecule has 3 heteroatoms. The van der Waals surface area contributed by atoms with Gasteiger partial charge >= 0.3 is 0 Å².